The number of H-pyrrole nitrogens is 1. The van der Waals surface area contributed by atoms with Gasteiger partial charge in [0.1, 0.15) is 11.6 Å². The topological polar surface area (TPSA) is 69.9 Å². The summed E-state index contributed by atoms with van der Waals surface area (Å²) in [5.74, 6) is 0.633. The Balaban J connectivity index is 1.23. The number of piperidine rings is 1. The van der Waals surface area contributed by atoms with E-state index < -0.39 is 5.54 Å². The lowest BCUT2D eigenvalue weighted by Gasteiger charge is -2.40. The molecule has 3 aromatic rings. The number of rotatable bonds is 8. The van der Waals surface area contributed by atoms with Crippen LogP contribution in [-0.4, -0.2) is 67.3 Å². The van der Waals surface area contributed by atoms with E-state index in [-0.39, 0.29) is 11.9 Å². The first-order valence-electron chi connectivity index (χ1n) is 13.1. The second-order valence-electron chi connectivity index (χ2n) is 10.3. The molecule has 3 fully saturated rings. The molecule has 0 amide bonds. The van der Waals surface area contributed by atoms with Crippen LogP contribution in [-0.2, 0) is 15.0 Å². The lowest BCUT2D eigenvalue weighted by Crippen LogP contribution is -2.55. The normalized spacial score (nSPS) is 23.8. The van der Waals surface area contributed by atoms with Crippen LogP contribution in [0.3, 0.4) is 0 Å². The molecule has 2 N–H and O–H groups in total. The van der Waals surface area contributed by atoms with Gasteiger partial charge in [0.2, 0.25) is 0 Å². The van der Waals surface area contributed by atoms with Crippen LogP contribution in [0.5, 0.6) is 0 Å². The van der Waals surface area contributed by atoms with Gasteiger partial charge in [0.25, 0.3) is 0 Å². The van der Waals surface area contributed by atoms with Crippen LogP contribution < -0.4 is 5.32 Å². The van der Waals surface area contributed by atoms with Crippen LogP contribution in [0.15, 0.2) is 60.8 Å². The highest BCUT2D eigenvalue weighted by molar-refractivity contribution is 6.06. The summed E-state index contributed by atoms with van der Waals surface area (Å²) in [7, 11) is 0. The third-order valence-corrected chi connectivity index (χ3v) is 8.25. The summed E-state index contributed by atoms with van der Waals surface area (Å²) >= 11 is 0. The zero-order valence-electron chi connectivity index (χ0n) is 20.2. The van der Waals surface area contributed by atoms with E-state index in [0.29, 0.717) is 24.1 Å². The van der Waals surface area contributed by atoms with Crippen LogP contribution >= 0.6 is 0 Å². The molecule has 2 unspecified atom stereocenters. The molecule has 0 aliphatic carbocycles. The fourth-order valence-electron chi connectivity index (χ4n) is 6.05. The number of hydrogen-bond acceptors (Lipinski definition) is 5. The predicted molar refractivity (Wildman–Crippen MR) is 137 cm³/mol. The molecule has 0 bridgehead atoms. The van der Waals surface area contributed by atoms with Crippen molar-refractivity contribution in [3.8, 4) is 0 Å². The van der Waals surface area contributed by atoms with Crippen LogP contribution in [0, 0.1) is 5.92 Å². The molecule has 3 aliphatic rings. The summed E-state index contributed by atoms with van der Waals surface area (Å²) < 4.78 is 11.4. The maximum atomic E-state index is 14.3. The van der Waals surface area contributed by atoms with E-state index in [1.807, 2.05) is 48.7 Å². The Morgan fingerprint density at radius 3 is 2.54 bits per heavy atom. The first kappa shape index (κ1) is 22.9. The van der Waals surface area contributed by atoms with Gasteiger partial charge in [0.05, 0.1) is 6.61 Å². The van der Waals surface area contributed by atoms with Gasteiger partial charge in [0, 0.05) is 36.5 Å². The average Bonchev–Trinajstić information content (AvgIpc) is 3.67. The minimum absolute atomic E-state index is 0.0855. The standard InChI is InChI=1S/C29H35N3O3/c33-28(23-7-6-22-8-13-30-26(22)18-23)29(27-20-35-27,24-4-2-1-3-5-24)31-19-21-9-14-32(15-10-21)25-11-16-34-17-12-25/h1-8,13,18,21,25,27,30-31H,9-12,14-17,19-20H2. The average molecular weight is 474 g/mol. The maximum absolute atomic E-state index is 14.3. The minimum Gasteiger partial charge on any atom is -0.381 e. The molecule has 3 aliphatic heterocycles. The Labute approximate surface area is 207 Å². The number of carbonyl (C=O) groups is 1. The van der Waals surface area contributed by atoms with Crippen molar-refractivity contribution in [2.24, 2.45) is 5.92 Å². The van der Waals surface area contributed by atoms with Crippen molar-refractivity contribution < 1.29 is 14.3 Å². The van der Waals surface area contributed by atoms with Gasteiger partial charge in [-0.3, -0.25) is 10.1 Å². The Hall–Kier alpha value is -2.51. The lowest BCUT2D eigenvalue weighted by molar-refractivity contribution is 0.0204. The van der Waals surface area contributed by atoms with Crippen molar-refractivity contribution in [2.45, 2.75) is 43.4 Å². The molecule has 0 radical (unpaired) electrons. The number of benzene rings is 2. The third-order valence-electron chi connectivity index (χ3n) is 8.25. The first-order valence-corrected chi connectivity index (χ1v) is 13.1. The summed E-state index contributed by atoms with van der Waals surface area (Å²) in [6.45, 7) is 5.46. The molecule has 35 heavy (non-hydrogen) atoms. The molecule has 2 aromatic carbocycles. The molecule has 0 spiro atoms. The van der Waals surface area contributed by atoms with Gasteiger partial charge in [-0.25, -0.2) is 0 Å². The Morgan fingerprint density at radius 1 is 1.03 bits per heavy atom. The molecule has 0 saturated carbocycles. The molecular weight excluding hydrogens is 438 g/mol. The van der Waals surface area contributed by atoms with Gasteiger partial charge in [0.15, 0.2) is 5.78 Å². The number of hydrogen-bond donors (Lipinski definition) is 2. The Kier molecular flexibility index (Phi) is 6.46. The molecule has 3 saturated heterocycles. The number of ketones is 1. The number of aromatic nitrogens is 1. The molecule has 4 heterocycles. The first-order chi connectivity index (χ1) is 17.2. The zero-order chi connectivity index (χ0) is 23.7. The van der Waals surface area contributed by atoms with Gasteiger partial charge in [-0.15, -0.1) is 0 Å². The number of ether oxygens (including phenoxy) is 2. The number of Topliss-reactive ketones (excluding diaryl/α,β-unsaturated/α-hetero) is 1. The van der Waals surface area contributed by atoms with Gasteiger partial charge in [-0.2, -0.15) is 0 Å². The zero-order valence-corrected chi connectivity index (χ0v) is 20.2. The van der Waals surface area contributed by atoms with Gasteiger partial charge >= 0.3 is 0 Å². The second kappa shape index (κ2) is 9.86. The number of epoxide rings is 1. The number of nitrogens with one attached hydrogen (secondary N) is 2. The summed E-state index contributed by atoms with van der Waals surface area (Å²) in [5.41, 5.74) is 1.80. The maximum Gasteiger partial charge on any atom is 0.190 e. The lowest BCUT2D eigenvalue weighted by atomic mass is 9.79. The van der Waals surface area contributed by atoms with Gasteiger partial charge < -0.3 is 19.4 Å². The van der Waals surface area contributed by atoms with Crippen molar-refractivity contribution in [3.63, 3.8) is 0 Å². The number of aromatic amines is 1. The van der Waals surface area contributed by atoms with E-state index in [2.05, 4.69) is 27.3 Å². The molecule has 6 rings (SSSR count). The number of likely N-dealkylation sites (tertiary alicyclic amines) is 1. The van der Waals surface area contributed by atoms with E-state index in [0.717, 1.165) is 75.0 Å². The van der Waals surface area contributed by atoms with E-state index in [9.17, 15) is 4.79 Å². The molecule has 6 nitrogen and oxygen atoms in total. The fourth-order valence-corrected chi connectivity index (χ4v) is 6.05. The Bertz CT molecular complexity index is 1140. The summed E-state index contributed by atoms with van der Waals surface area (Å²) in [6, 6.07) is 18.8. The van der Waals surface area contributed by atoms with Gasteiger partial charge in [-0.1, -0.05) is 42.5 Å². The van der Waals surface area contributed by atoms with E-state index in [1.165, 1.54) is 0 Å². The number of carbonyl (C=O) groups excluding carboxylic acids is 1. The SMILES string of the molecule is O=C(c1ccc2cc[nH]c2c1)C(NCC1CCN(C2CCOCC2)CC1)(c1ccccc1)C1CO1. The van der Waals surface area contributed by atoms with Crippen LogP contribution in [0.4, 0.5) is 0 Å². The molecule has 1 aromatic heterocycles. The number of nitrogens with zero attached hydrogens (tertiary/aromatic N) is 1. The summed E-state index contributed by atoms with van der Waals surface area (Å²) in [5, 5.41) is 4.90. The fraction of sp³-hybridized carbons (Fsp3) is 0.483. The smallest absolute Gasteiger partial charge is 0.190 e. The van der Waals surface area contributed by atoms with Crippen molar-refractivity contribution in [1.29, 1.82) is 0 Å². The molecule has 2 atom stereocenters. The quantitative estimate of drug-likeness (QED) is 0.380. The van der Waals surface area contributed by atoms with Crippen molar-refractivity contribution in [1.82, 2.24) is 15.2 Å². The highest BCUT2D eigenvalue weighted by Gasteiger charge is 2.54. The summed E-state index contributed by atoms with van der Waals surface area (Å²) in [6.07, 6.45) is 6.38. The largest absolute Gasteiger partial charge is 0.381 e. The summed E-state index contributed by atoms with van der Waals surface area (Å²) in [4.78, 5) is 20.2. The van der Waals surface area contributed by atoms with Crippen molar-refractivity contribution >= 4 is 16.7 Å². The van der Waals surface area contributed by atoms with E-state index >= 15 is 0 Å². The van der Waals surface area contributed by atoms with Crippen LogP contribution in [0.2, 0.25) is 0 Å². The highest BCUT2D eigenvalue weighted by Crippen LogP contribution is 2.38. The second-order valence-corrected chi connectivity index (χ2v) is 10.3. The minimum atomic E-state index is -0.876. The van der Waals surface area contributed by atoms with Crippen molar-refractivity contribution in [2.75, 3.05) is 39.5 Å². The highest BCUT2D eigenvalue weighted by atomic mass is 16.6. The number of fused-ring (bicyclic) bond motifs is 1. The van der Waals surface area contributed by atoms with Gasteiger partial charge in [-0.05, 0) is 74.3 Å². The van der Waals surface area contributed by atoms with E-state index in [4.69, 9.17) is 9.47 Å². The Morgan fingerprint density at radius 2 is 1.80 bits per heavy atom. The monoisotopic (exact) mass is 473 g/mol. The third kappa shape index (κ3) is 4.56. The van der Waals surface area contributed by atoms with Crippen LogP contribution in [0.25, 0.3) is 10.9 Å². The van der Waals surface area contributed by atoms with Crippen molar-refractivity contribution in [3.05, 3.63) is 71.9 Å². The van der Waals surface area contributed by atoms with E-state index in [1.54, 1.807) is 0 Å². The molecule has 6 heteroatoms. The predicted octanol–water partition coefficient (Wildman–Crippen LogP) is 4.13. The molecule has 184 valence electrons. The van der Waals surface area contributed by atoms with Crippen LogP contribution in [0.1, 0.15) is 41.6 Å². The molecular formula is C29H35N3O3.